The zero-order valence-electron chi connectivity index (χ0n) is 12.1. The van der Waals surface area contributed by atoms with Crippen molar-refractivity contribution in [2.24, 2.45) is 0 Å². The standard InChI is InChI=1S/C15H19N5O/c1-21-13-4-2-12(3-5-13)19-6-8-20(9-7-19)15-11-17-10-14(16)18-15/h2-5,10-11H,6-9H2,1H3,(H2,16,18). The molecule has 6 nitrogen and oxygen atoms in total. The average Bonchev–Trinajstić information content (AvgIpc) is 2.55. The first kappa shape index (κ1) is 13.5. The van der Waals surface area contributed by atoms with Crippen LogP contribution in [0.2, 0.25) is 0 Å². The number of piperazine rings is 1. The van der Waals surface area contributed by atoms with Gasteiger partial charge in [0.15, 0.2) is 0 Å². The van der Waals surface area contributed by atoms with Gasteiger partial charge in [-0.05, 0) is 24.3 Å². The van der Waals surface area contributed by atoms with E-state index in [0.717, 1.165) is 37.7 Å². The van der Waals surface area contributed by atoms with Crippen LogP contribution in [-0.2, 0) is 0 Å². The van der Waals surface area contributed by atoms with Gasteiger partial charge in [0, 0.05) is 31.9 Å². The van der Waals surface area contributed by atoms with E-state index in [-0.39, 0.29) is 0 Å². The molecule has 1 aliphatic heterocycles. The van der Waals surface area contributed by atoms with Gasteiger partial charge in [0.05, 0.1) is 19.5 Å². The Bertz CT molecular complexity index is 593. The molecule has 0 unspecified atom stereocenters. The molecule has 6 heteroatoms. The molecule has 1 aromatic carbocycles. The fraction of sp³-hybridized carbons (Fsp3) is 0.333. The van der Waals surface area contributed by atoms with E-state index >= 15 is 0 Å². The molecule has 0 amide bonds. The maximum Gasteiger partial charge on any atom is 0.149 e. The summed E-state index contributed by atoms with van der Waals surface area (Å²) in [6, 6.07) is 8.17. The van der Waals surface area contributed by atoms with Crippen molar-refractivity contribution in [1.82, 2.24) is 9.97 Å². The molecular weight excluding hydrogens is 266 g/mol. The number of aromatic nitrogens is 2. The van der Waals surface area contributed by atoms with Gasteiger partial charge in [0.1, 0.15) is 17.4 Å². The number of benzene rings is 1. The Labute approximate surface area is 124 Å². The van der Waals surface area contributed by atoms with Gasteiger partial charge in [-0.1, -0.05) is 0 Å². The smallest absolute Gasteiger partial charge is 0.149 e. The Hall–Kier alpha value is -2.50. The van der Waals surface area contributed by atoms with E-state index in [2.05, 4.69) is 31.9 Å². The molecule has 0 atom stereocenters. The summed E-state index contributed by atoms with van der Waals surface area (Å²) >= 11 is 0. The fourth-order valence-electron chi connectivity index (χ4n) is 2.51. The summed E-state index contributed by atoms with van der Waals surface area (Å²) in [5.41, 5.74) is 6.91. The summed E-state index contributed by atoms with van der Waals surface area (Å²) in [6.45, 7) is 3.71. The van der Waals surface area contributed by atoms with Gasteiger partial charge in [-0.25, -0.2) is 4.98 Å². The zero-order valence-corrected chi connectivity index (χ0v) is 12.1. The lowest BCUT2D eigenvalue weighted by Crippen LogP contribution is -2.46. The minimum absolute atomic E-state index is 0.463. The Kier molecular flexibility index (Phi) is 3.77. The molecule has 1 saturated heterocycles. The summed E-state index contributed by atoms with van der Waals surface area (Å²) in [5, 5.41) is 0. The van der Waals surface area contributed by atoms with Crippen molar-refractivity contribution in [2.45, 2.75) is 0 Å². The molecule has 0 radical (unpaired) electrons. The third kappa shape index (κ3) is 2.99. The Morgan fingerprint density at radius 3 is 2.29 bits per heavy atom. The van der Waals surface area contributed by atoms with Crippen molar-refractivity contribution >= 4 is 17.3 Å². The summed E-state index contributed by atoms with van der Waals surface area (Å²) in [4.78, 5) is 13.0. The lowest BCUT2D eigenvalue weighted by molar-refractivity contribution is 0.415. The third-order valence-electron chi connectivity index (χ3n) is 3.68. The van der Waals surface area contributed by atoms with Gasteiger partial charge >= 0.3 is 0 Å². The number of rotatable bonds is 3. The predicted octanol–water partition coefficient (Wildman–Crippen LogP) is 1.39. The summed E-state index contributed by atoms with van der Waals surface area (Å²) in [7, 11) is 1.68. The minimum Gasteiger partial charge on any atom is -0.497 e. The number of anilines is 3. The van der Waals surface area contributed by atoms with E-state index in [1.165, 1.54) is 5.69 Å². The van der Waals surface area contributed by atoms with Crippen molar-refractivity contribution in [2.75, 3.05) is 48.8 Å². The molecule has 2 heterocycles. The first-order valence-corrected chi connectivity index (χ1v) is 6.98. The van der Waals surface area contributed by atoms with Crippen LogP contribution in [0, 0.1) is 0 Å². The van der Waals surface area contributed by atoms with E-state index in [4.69, 9.17) is 10.5 Å². The van der Waals surface area contributed by atoms with Crippen molar-refractivity contribution in [3.05, 3.63) is 36.7 Å². The highest BCUT2D eigenvalue weighted by atomic mass is 16.5. The van der Waals surface area contributed by atoms with Crippen LogP contribution in [0.25, 0.3) is 0 Å². The van der Waals surface area contributed by atoms with E-state index in [0.29, 0.717) is 5.82 Å². The molecule has 0 bridgehead atoms. The van der Waals surface area contributed by atoms with Crippen LogP contribution in [0.1, 0.15) is 0 Å². The van der Waals surface area contributed by atoms with Gasteiger partial charge in [-0.15, -0.1) is 0 Å². The van der Waals surface area contributed by atoms with E-state index < -0.39 is 0 Å². The highest BCUT2D eigenvalue weighted by Crippen LogP contribution is 2.22. The molecule has 1 aliphatic rings. The molecule has 0 spiro atoms. The van der Waals surface area contributed by atoms with Crippen molar-refractivity contribution in [3.63, 3.8) is 0 Å². The maximum atomic E-state index is 5.69. The Balaban J connectivity index is 1.64. The Morgan fingerprint density at radius 2 is 1.67 bits per heavy atom. The first-order chi connectivity index (χ1) is 10.3. The van der Waals surface area contributed by atoms with E-state index in [1.807, 2.05) is 12.1 Å². The molecule has 2 N–H and O–H groups in total. The van der Waals surface area contributed by atoms with E-state index in [9.17, 15) is 0 Å². The maximum absolute atomic E-state index is 5.69. The number of hydrogen-bond donors (Lipinski definition) is 1. The molecule has 21 heavy (non-hydrogen) atoms. The second kappa shape index (κ2) is 5.87. The topological polar surface area (TPSA) is 67.5 Å². The minimum atomic E-state index is 0.463. The lowest BCUT2D eigenvalue weighted by atomic mass is 10.2. The van der Waals surface area contributed by atoms with Crippen molar-refractivity contribution in [1.29, 1.82) is 0 Å². The second-order valence-corrected chi connectivity index (χ2v) is 4.97. The Morgan fingerprint density at radius 1 is 1.00 bits per heavy atom. The van der Waals surface area contributed by atoms with Gasteiger partial charge in [0.25, 0.3) is 0 Å². The van der Waals surface area contributed by atoms with Crippen molar-refractivity contribution in [3.8, 4) is 5.75 Å². The molecular formula is C15H19N5O. The SMILES string of the molecule is COc1ccc(N2CCN(c3cncc(N)n3)CC2)cc1. The van der Waals surface area contributed by atoms with Crippen LogP contribution in [0.15, 0.2) is 36.7 Å². The van der Waals surface area contributed by atoms with Crippen LogP contribution in [0.5, 0.6) is 5.75 Å². The van der Waals surface area contributed by atoms with Crippen LogP contribution >= 0.6 is 0 Å². The molecule has 1 aromatic heterocycles. The highest BCUT2D eigenvalue weighted by molar-refractivity contribution is 5.51. The van der Waals surface area contributed by atoms with Crippen LogP contribution < -0.4 is 20.3 Å². The van der Waals surface area contributed by atoms with Gasteiger partial charge in [0.2, 0.25) is 0 Å². The predicted molar refractivity (Wildman–Crippen MR) is 83.9 cm³/mol. The van der Waals surface area contributed by atoms with Crippen LogP contribution in [0.3, 0.4) is 0 Å². The molecule has 1 fully saturated rings. The largest absolute Gasteiger partial charge is 0.497 e. The highest BCUT2D eigenvalue weighted by Gasteiger charge is 2.18. The number of methoxy groups -OCH3 is 1. The van der Waals surface area contributed by atoms with Gasteiger partial charge in [-0.2, -0.15) is 0 Å². The number of ether oxygens (including phenoxy) is 1. The second-order valence-electron chi connectivity index (χ2n) is 4.97. The summed E-state index contributed by atoms with van der Waals surface area (Å²) < 4.78 is 5.19. The third-order valence-corrected chi connectivity index (χ3v) is 3.68. The van der Waals surface area contributed by atoms with Crippen LogP contribution in [0.4, 0.5) is 17.3 Å². The number of nitrogens with two attached hydrogens (primary N) is 1. The van der Waals surface area contributed by atoms with Crippen molar-refractivity contribution < 1.29 is 4.74 Å². The van der Waals surface area contributed by atoms with Gasteiger partial charge < -0.3 is 20.3 Å². The quantitative estimate of drug-likeness (QED) is 0.919. The monoisotopic (exact) mass is 285 g/mol. The average molecular weight is 285 g/mol. The van der Waals surface area contributed by atoms with Gasteiger partial charge in [-0.3, -0.25) is 4.98 Å². The molecule has 3 rings (SSSR count). The molecule has 0 aliphatic carbocycles. The summed E-state index contributed by atoms with van der Waals surface area (Å²) in [6.07, 6.45) is 3.33. The lowest BCUT2D eigenvalue weighted by Gasteiger charge is -2.36. The molecule has 110 valence electrons. The number of nitrogen functional groups attached to an aromatic ring is 1. The zero-order chi connectivity index (χ0) is 14.7. The van der Waals surface area contributed by atoms with E-state index in [1.54, 1.807) is 19.5 Å². The number of nitrogens with zero attached hydrogens (tertiary/aromatic N) is 4. The fourth-order valence-corrected chi connectivity index (χ4v) is 2.51. The summed E-state index contributed by atoms with van der Waals surface area (Å²) in [5.74, 6) is 2.20. The molecule has 0 saturated carbocycles. The van der Waals surface area contributed by atoms with Crippen LogP contribution in [-0.4, -0.2) is 43.3 Å². The normalized spacial score (nSPS) is 15.1. The first-order valence-electron chi connectivity index (χ1n) is 6.98. The number of hydrogen-bond acceptors (Lipinski definition) is 6. The molecule has 2 aromatic rings.